The van der Waals surface area contributed by atoms with E-state index >= 15 is 0 Å². The predicted octanol–water partition coefficient (Wildman–Crippen LogP) is 6.95. The second-order valence-electron chi connectivity index (χ2n) is 7.22. The molecule has 0 heterocycles. The fourth-order valence-corrected chi connectivity index (χ4v) is 3.98. The van der Waals surface area contributed by atoms with Crippen LogP contribution in [0, 0.1) is 0 Å². The maximum absolute atomic E-state index is 13.5. The molecule has 2 aromatic carbocycles. The summed E-state index contributed by atoms with van der Waals surface area (Å²) in [5.41, 5.74) is -3.91. The van der Waals surface area contributed by atoms with Crippen LogP contribution >= 0.6 is 23.2 Å². The largest absolute Gasteiger partial charge is 0.516 e. The van der Waals surface area contributed by atoms with Crippen LogP contribution in [0.1, 0.15) is 38.3 Å². The first-order valence-electron chi connectivity index (χ1n) is 9.82. The molecule has 5 nitrogen and oxygen atoms in total. The van der Waals surface area contributed by atoms with Gasteiger partial charge < -0.3 is 4.84 Å². The van der Waals surface area contributed by atoms with Gasteiger partial charge in [0.25, 0.3) is 0 Å². The Kier molecular flexibility index (Phi) is 9.22. The minimum Gasteiger partial charge on any atom is -0.391 e. The average molecular weight is 523 g/mol. The van der Waals surface area contributed by atoms with Crippen molar-refractivity contribution < 1.29 is 26.4 Å². The Hall–Kier alpha value is -2.23. The Morgan fingerprint density at radius 1 is 1.09 bits per heavy atom. The monoisotopic (exact) mass is 522 g/mol. The van der Waals surface area contributed by atoms with E-state index < -0.39 is 22.1 Å². The summed E-state index contributed by atoms with van der Waals surface area (Å²) in [4.78, 5) is 5.39. The van der Waals surface area contributed by atoms with Crippen molar-refractivity contribution in [2.24, 2.45) is 5.16 Å². The molecule has 11 heteroatoms. The first-order chi connectivity index (χ1) is 15.4. The first kappa shape index (κ1) is 27.0. The Bertz CT molecular complexity index is 1130. The lowest BCUT2D eigenvalue weighted by atomic mass is 10.1. The summed E-state index contributed by atoms with van der Waals surface area (Å²) in [6.45, 7) is 4.60. The van der Waals surface area contributed by atoms with Gasteiger partial charge >= 0.3 is 15.5 Å². The van der Waals surface area contributed by atoms with Crippen LogP contribution in [0.3, 0.4) is 0 Å². The Morgan fingerprint density at radius 3 is 2.24 bits per heavy atom. The van der Waals surface area contributed by atoms with Gasteiger partial charge in [0, 0.05) is 15.6 Å². The molecule has 0 spiro atoms. The number of rotatable bonds is 9. The van der Waals surface area contributed by atoms with Crippen molar-refractivity contribution in [2.45, 2.75) is 39.3 Å². The summed E-state index contributed by atoms with van der Waals surface area (Å²) in [5.74, 6) is 0. The van der Waals surface area contributed by atoms with Crippen molar-refractivity contribution in [2.75, 3.05) is 10.8 Å². The van der Waals surface area contributed by atoms with E-state index in [1.54, 1.807) is 45.0 Å². The van der Waals surface area contributed by atoms with Crippen LogP contribution in [0.15, 0.2) is 59.3 Å². The summed E-state index contributed by atoms with van der Waals surface area (Å²) in [7, 11) is -5.69. The van der Waals surface area contributed by atoms with Gasteiger partial charge in [-0.1, -0.05) is 59.1 Å². The van der Waals surface area contributed by atoms with Crippen molar-refractivity contribution in [1.29, 1.82) is 0 Å². The van der Waals surface area contributed by atoms with Gasteiger partial charge in [-0.15, -0.1) is 0 Å². The molecule has 0 radical (unpaired) electrons. The third-order valence-electron chi connectivity index (χ3n) is 4.44. The predicted molar refractivity (Wildman–Crippen MR) is 126 cm³/mol. The van der Waals surface area contributed by atoms with Crippen LogP contribution in [0.4, 0.5) is 18.9 Å². The summed E-state index contributed by atoms with van der Waals surface area (Å²) < 4.78 is 65.5. The maximum Gasteiger partial charge on any atom is 0.516 e. The van der Waals surface area contributed by atoms with Crippen molar-refractivity contribution in [1.82, 2.24) is 0 Å². The zero-order valence-electron chi connectivity index (χ0n) is 18.2. The van der Waals surface area contributed by atoms with Crippen LogP contribution in [0.25, 0.3) is 0 Å². The van der Waals surface area contributed by atoms with E-state index in [1.807, 2.05) is 0 Å². The van der Waals surface area contributed by atoms with Crippen LogP contribution in [-0.4, -0.2) is 26.2 Å². The summed E-state index contributed by atoms with van der Waals surface area (Å²) in [6.07, 6.45) is 1.64. The number of benzene rings is 2. The number of hydrogen-bond donors (Lipinski definition) is 0. The van der Waals surface area contributed by atoms with Crippen molar-refractivity contribution in [3.05, 3.63) is 75.3 Å². The van der Waals surface area contributed by atoms with E-state index in [2.05, 4.69) is 5.16 Å². The molecule has 0 saturated carbocycles. The molecular weight excluding hydrogens is 500 g/mol. The number of halogens is 5. The van der Waals surface area contributed by atoms with Gasteiger partial charge in [0.2, 0.25) is 0 Å². The van der Waals surface area contributed by atoms with Crippen molar-refractivity contribution in [3.63, 3.8) is 0 Å². The third-order valence-corrected chi connectivity index (χ3v) is 6.44. The molecule has 0 bridgehead atoms. The van der Waals surface area contributed by atoms with Gasteiger partial charge in [-0.3, -0.25) is 4.31 Å². The molecule has 0 aliphatic carbocycles. The fraction of sp³-hybridized carbons (Fsp3) is 0.318. The van der Waals surface area contributed by atoms with Crippen LogP contribution in [-0.2, 0) is 21.5 Å². The highest BCUT2D eigenvalue weighted by Gasteiger charge is 2.50. The molecular formula is C22H23Cl2F3N2O3S. The fourth-order valence-electron chi connectivity index (χ4n) is 2.74. The average Bonchev–Trinajstić information content (AvgIpc) is 2.72. The zero-order chi connectivity index (χ0) is 24.8. The minimum atomic E-state index is -5.69. The standard InChI is InChI=1S/C22H23Cl2F3N2O3S/c1-4-20(28-32-14-16-5-7-17(23)8-6-16)19-13-18(24)9-10-21(19)29(12-11-15(2)3)33(30,31)22(25,26)27/h5-11,13H,4,12,14H2,1-3H3. The molecule has 2 aromatic rings. The summed E-state index contributed by atoms with van der Waals surface area (Å²) in [6, 6.07) is 10.8. The van der Waals surface area contributed by atoms with E-state index in [4.69, 9.17) is 28.0 Å². The molecule has 0 unspecified atom stereocenters. The highest BCUT2D eigenvalue weighted by Crippen LogP contribution is 2.34. The highest BCUT2D eigenvalue weighted by molar-refractivity contribution is 7.93. The molecule has 2 rings (SSSR count). The Morgan fingerprint density at radius 2 is 1.70 bits per heavy atom. The molecule has 0 saturated heterocycles. The van der Waals surface area contributed by atoms with Gasteiger partial charge in [-0.2, -0.15) is 21.6 Å². The smallest absolute Gasteiger partial charge is 0.391 e. The molecule has 0 amide bonds. The molecule has 33 heavy (non-hydrogen) atoms. The molecule has 0 N–H and O–H groups in total. The van der Waals surface area contributed by atoms with Gasteiger partial charge in [0.05, 0.1) is 17.9 Å². The van der Waals surface area contributed by atoms with Crippen molar-refractivity contribution >= 4 is 44.6 Å². The minimum absolute atomic E-state index is 0.0822. The number of oxime groups is 1. The Balaban J connectivity index is 2.52. The second kappa shape index (κ2) is 11.3. The van der Waals surface area contributed by atoms with Gasteiger partial charge in [-0.05, 0) is 56.2 Å². The molecule has 0 aromatic heterocycles. The van der Waals surface area contributed by atoms with E-state index in [-0.39, 0.29) is 35.0 Å². The topological polar surface area (TPSA) is 59.0 Å². The number of anilines is 1. The van der Waals surface area contributed by atoms with Gasteiger partial charge in [-0.25, -0.2) is 0 Å². The van der Waals surface area contributed by atoms with E-state index in [0.29, 0.717) is 14.9 Å². The van der Waals surface area contributed by atoms with E-state index in [0.717, 1.165) is 5.56 Å². The van der Waals surface area contributed by atoms with Crippen LogP contribution in [0.5, 0.6) is 0 Å². The number of hydrogen-bond acceptors (Lipinski definition) is 4. The SMILES string of the molecule is CCC(=NOCc1ccc(Cl)cc1)c1cc(Cl)ccc1N(CC=C(C)C)S(=O)(=O)C(F)(F)F. The molecule has 0 fully saturated rings. The first-order valence-corrected chi connectivity index (χ1v) is 12.0. The number of allylic oxidation sites excluding steroid dienone is 1. The van der Waals surface area contributed by atoms with E-state index in [1.165, 1.54) is 24.3 Å². The van der Waals surface area contributed by atoms with Crippen molar-refractivity contribution in [3.8, 4) is 0 Å². The zero-order valence-corrected chi connectivity index (χ0v) is 20.5. The lowest BCUT2D eigenvalue weighted by molar-refractivity contribution is -0.0437. The highest BCUT2D eigenvalue weighted by atomic mass is 35.5. The Labute approximate surface area is 201 Å². The lowest BCUT2D eigenvalue weighted by Gasteiger charge is -2.27. The number of nitrogens with zero attached hydrogens (tertiary/aromatic N) is 2. The van der Waals surface area contributed by atoms with Crippen LogP contribution < -0.4 is 4.31 Å². The van der Waals surface area contributed by atoms with Crippen LogP contribution in [0.2, 0.25) is 10.0 Å². The van der Waals surface area contributed by atoms with Gasteiger partial charge in [0.15, 0.2) is 0 Å². The molecule has 0 aliphatic heterocycles. The molecule has 0 aliphatic rings. The second-order valence-corrected chi connectivity index (χ2v) is 9.94. The third kappa shape index (κ3) is 7.12. The quantitative estimate of drug-likeness (QED) is 0.203. The van der Waals surface area contributed by atoms with Gasteiger partial charge in [0.1, 0.15) is 6.61 Å². The number of sulfonamides is 1. The van der Waals surface area contributed by atoms with E-state index in [9.17, 15) is 21.6 Å². The summed E-state index contributed by atoms with van der Waals surface area (Å²) in [5, 5.41) is 4.83. The molecule has 180 valence electrons. The maximum atomic E-state index is 13.5. The molecule has 0 atom stereocenters. The summed E-state index contributed by atoms with van der Waals surface area (Å²) >= 11 is 11.9. The lowest BCUT2D eigenvalue weighted by Crippen LogP contribution is -2.41. The normalized spacial score (nSPS) is 12.4. The number of alkyl halides is 3.